The van der Waals surface area contributed by atoms with Gasteiger partial charge in [-0.3, -0.25) is 0 Å². The molecule has 0 aliphatic carbocycles. The van der Waals surface area contributed by atoms with Crippen molar-refractivity contribution in [3.63, 3.8) is 0 Å². The highest BCUT2D eigenvalue weighted by Crippen LogP contribution is 2.19. The first-order chi connectivity index (χ1) is 12.2. The Hall–Kier alpha value is -2.90. The highest BCUT2D eigenvalue weighted by atomic mass is 14.6. The highest BCUT2D eigenvalue weighted by Gasteiger charge is 2.06. The van der Waals surface area contributed by atoms with Crippen LogP contribution in [0.2, 0.25) is 0 Å². The van der Waals surface area contributed by atoms with Crippen LogP contribution >= 0.6 is 0 Å². The van der Waals surface area contributed by atoms with Crippen LogP contribution in [0.5, 0.6) is 0 Å². The molecule has 1 atom stereocenters. The minimum absolute atomic E-state index is 0.0215. The average molecular weight is 327 g/mol. The van der Waals surface area contributed by atoms with Gasteiger partial charge in [-0.2, -0.15) is 0 Å². The molecule has 0 radical (unpaired) electrons. The van der Waals surface area contributed by atoms with Gasteiger partial charge in [0.05, 0.1) is 6.04 Å². The summed E-state index contributed by atoms with van der Waals surface area (Å²) in [5.41, 5.74) is 12.0. The molecule has 1 heteroatoms. The van der Waals surface area contributed by atoms with Crippen molar-refractivity contribution >= 4 is 12.2 Å². The number of nitrogens with two attached hydrogens (primary N) is 1. The quantitative estimate of drug-likeness (QED) is 0.623. The molecule has 0 aliphatic rings. The molecule has 0 bridgehead atoms. The largest absolute Gasteiger partial charge is 0.320 e. The van der Waals surface area contributed by atoms with E-state index in [1.807, 2.05) is 54.6 Å². The van der Waals surface area contributed by atoms with Gasteiger partial charge >= 0.3 is 0 Å². The second-order valence-corrected chi connectivity index (χ2v) is 5.84. The van der Waals surface area contributed by atoms with Crippen molar-refractivity contribution in [2.45, 2.75) is 13.0 Å². The SMILES string of the molecule is C=Cc1ccccc1C=C.Cc1ccc(C(N)c2ccccc2)cc1. The maximum Gasteiger partial charge on any atom is 0.0551 e. The summed E-state index contributed by atoms with van der Waals surface area (Å²) in [5.74, 6) is 0. The van der Waals surface area contributed by atoms with Gasteiger partial charge < -0.3 is 5.73 Å². The second kappa shape index (κ2) is 9.41. The predicted octanol–water partition coefficient (Wildman–Crippen LogP) is 6.02. The Morgan fingerprint density at radius 2 is 1.12 bits per heavy atom. The summed E-state index contributed by atoms with van der Waals surface area (Å²) in [6, 6.07) is 26.5. The van der Waals surface area contributed by atoms with Crippen LogP contribution in [-0.2, 0) is 0 Å². The summed E-state index contributed by atoms with van der Waals surface area (Å²) in [6.07, 6.45) is 3.66. The Labute approximate surface area is 151 Å². The van der Waals surface area contributed by atoms with Crippen LogP contribution in [0.1, 0.15) is 33.9 Å². The van der Waals surface area contributed by atoms with Crippen molar-refractivity contribution < 1.29 is 0 Å². The first-order valence-electron chi connectivity index (χ1n) is 8.36. The third-order valence-electron chi connectivity index (χ3n) is 4.03. The zero-order chi connectivity index (χ0) is 18.1. The lowest BCUT2D eigenvalue weighted by atomic mass is 9.99. The molecule has 3 rings (SSSR count). The van der Waals surface area contributed by atoms with Crippen LogP contribution in [0.4, 0.5) is 0 Å². The maximum atomic E-state index is 6.17. The first-order valence-corrected chi connectivity index (χ1v) is 8.36. The number of benzene rings is 3. The minimum atomic E-state index is -0.0215. The lowest BCUT2D eigenvalue weighted by Gasteiger charge is -2.12. The van der Waals surface area contributed by atoms with Crippen molar-refractivity contribution in [3.05, 3.63) is 120 Å². The summed E-state index contributed by atoms with van der Waals surface area (Å²) in [7, 11) is 0. The number of rotatable bonds is 4. The van der Waals surface area contributed by atoms with Crippen LogP contribution in [-0.4, -0.2) is 0 Å². The fourth-order valence-electron chi connectivity index (χ4n) is 2.51. The van der Waals surface area contributed by atoms with E-state index in [4.69, 9.17) is 5.73 Å². The van der Waals surface area contributed by atoms with Gasteiger partial charge in [0.15, 0.2) is 0 Å². The number of hydrogen-bond donors (Lipinski definition) is 1. The molecule has 0 saturated carbocycles. The molecule has 25 heavy (non-hydrogen) atoms. The topological polar surface area (TPSA) is 26.0 Å². The van der Waals surface area contributed by atoms with Gasteiger partial charge in [0, 0.05) is 0 Å². The number of hydrogen-bond acceptors (Lipinski definition) is 1. The molecule has 3 aromatic carbocycles. The van der Waals surface area contributed by atoms with Crippen molar-refractivity contribution in [1.82, 2.24) is 0 Å². The number of aryl methyl sites for hydroxylation is 1. The van der Waals surface area contributed by atoms with Gasteiger partial charge in [-0.1, -0.05) is 110 Å². The molecule has 1 nitrogen and oxygen atoms in total. The Bertz CT molecular complexity index is 774. The zero-order valence-electron chi connectivity index (χ0n) is 14.7. The second-order valence-electron chi connectivity index (χ2n) is 5.84. The van der Waals surface area contributed by atoms with E-state index in [0.29, 0.717) is 0 Å². The van der Waals surface area contributed by atoms with Crippen LogP contribution < -0.4 is 5.73 Å². The average Bonchev–Trinajstić information content (AvgIpc) is 2.69. The molecule has 1 unspecified atom stereocenters. The van der Waals surface area contributed by atoms with Gasteiger partial charge in [0.2, 0.25) is 0 Å². The predicted molar refractivity (Wildman–Crippen MR) is 110 cm³/mol. The highest BCUT2D eigenvalue weighted by molar-refractivity contribution is 5.63. The molecule has 0 aliphatic heterocycles. The zero-order valence-corrected chi connectivity index (χ0v) is 14.7. The van der Waals surface area contributed by atoms with Crippen LogP contribution in [0.15, 0.2) is 92.0 Å². The van der Waals surface area contributed by atoms with Crippen molar-refractivity contribution in [3.8, 4) is 0 Å². The van der Waals surface area contributed by atoms with E-state index in [0.717, 1.165) is 22.3 Å². The standard InChI is InChI=1S/C14H15N.C10H10/c1-11-7-9-13(10-8-11)14(15)12-5-3-2-4-6-12;1-3-9-7-5-6-8-10(9)4-2/h2-10,14H,15H2,1H3;3-8H,1-2H2. The molecule has 0 aromatic heterocycles. The Balaban J connectivity index is 0.000000196. The molecule has 0 amide bonds. The molecule has 0 fully saturated rings. The monoisotopic (exact) mass is 327 g/mol. The van der Waals surface area contributed by atoms with E-state index in [1.54, 1.807) is 0 Å². The van der Waals surface area contributed by atoms with E-state index in [2.05, 4.69) is 56.5 Å². The van der Waals surface area contributed by atoms with Gasteiger partial charge in [-0.05, 0) is 29.2 Å². The smallest absolute Gasteiger partial charge is 0.0551 e. The van der Waals surface area contributed by atoms with Crippen LogP contribution in [0.3, 0.4) is 0 Å². The Morgan fingerprint density at radius 1 is 0.680 bits per heavy atom. The lowest BCUT2D eigenvalue weighted by molar-refractivity contribution is 0.871. The van der Waals surface area contributed by atoms with E-state index in [-0.39, 0.29) is 6.04 Å². The molecule has 0 spiro atoms. The fraction of sp³-hybridized carbons (Fsp3) is 0.0833. The summed E-state index contributed by atoms with van der Waals surface area (Å²) in [4.78, 5) is 0. The van der Waals surface area contributed by atoms with Crippen LogP contribution in [0, 0.1) is 6.92 Å². The first kappa shape index (κ1) is 18.4. The third kappa shape index (κ3) is 5.30. The minimum Gasteiger partial charge on any atom is -0.320 e. The summed E-state index contributed by atoms with van der Waals surface area (Å²) >= 11 is 0. The van der Waals surface area contributed by atoms with Gasteiger partial charge in [-0.25, -0.2) is 0 Å². The van der Waals surface area contributed by atoms with Crippen molar-refractivity contribution in [1.29, 1.82) is 0 Å². The molecular formula is C24H25N. The Kier molecular flexibility index (Phi) is 6.94. The van der Waals surface area contributed by atoms with Gasteiger partial charge in [-0.15, -0.1) is 0 Å². The third-order valence-corrected chi connectivity index (χ3v) is 4.03. The van der Waals surface area contributed by atoms with E-state index >= 15 is 0 Å². The Morgan fingerprint density at radius 3 is 1.60 bits per heavy atom. The van der Waals surface area contributed by atoms with E-state index in [1.165, 1.54) is 5.56 Å². The van der Waals surface area contributed by atoms with E-state index < -0.39 is 0 Å². The van der Waals surface area contributed by atoms with Crippen molar-refractivity contribution in [2.24, 2.45) is 5.73 Å². The van der Waals surface area contributed by atoms with Gasteiger partial charge in [0.1, 0.15) is 0 Å². The normalized spacial score (nSPS) is 11.0. The molecular weight excluding hydrogens is 302 g/mol. The summed E-state index contributed by atoms with van der Waals surface area (Å²) < 4.78 is 0. The van der Waals surface area contributed by atoms with Gasteiger partial charge in [0.25, 0.3) is 0 Å². The summed E-state index contributed by atoms with van der Waals surface area (Å²) in [5, 5.41) is 0. The maximum absolute atomic E-state index is 6.17. The lowest BCUT2D eigenvalue weighted by Crippen LogP contribution is -2.11. The molecule has 3 aromatic rings. The molecule has 0 heterocycles. The molecule has 2 N–H and O–H groups in total. The fourth-order valence-corrected chi connectivity index (χ4v) is 2.51. The van der Waals surface area contributed by atoms with Crippen LogP contribution in [0.25, 0.3) is 12.2 Å². The molecule has 0 saturated heterocycles. The molecule has 126 valence electrons. The summed E-state index contributed by atoms with van der Waals surface area (Å²) in [6.45, 7) is 9.46. The van der Waals surface area contributed by atoms with E-state index in [9.17, 15) is 0 Å². The van der Waals surface area contributed by atoms with Crippen molar-refractivity contribution in [2.75, 3.05) is 0 Å².